The highest BCUT2D eigenvalue weighted by Crippen LogP contribution is 2.22. The van der Waals surface area contributed by atoms with Gasteiger partial charge in [0.05, 0.1) is 11.4 Å². The van der Waals surface area contributed by atoms with E-state index in [0.717, 1.165) is 18.8 Å². The molecule has 0 bridgehead atoms. The molecule has 4 heteroatoms. The Balaban J connectivity index is 1.91. The van der Waals surface area contributed by atoms with Gasteiger partial charge in [-0.05, 0) is 44.1 Å². The number of anilines is 2. The fourth-order valence-corrected chi connectivity index (χ4v) is 2.29. The first-order chi connectivity index (χ1) is 8.16. The van der Waals surface area contributed by atoms with Gasteiger partial charge >= 0.3 is 0 Å². The maximum Gasteiger partial charge on any atom is 0.125 e. The third-order valence-electron chi connectivity index (χ3n) is 3.35. The molecule has 1 aromatic rings. The van der Waals surface area contributed by atoms with E-state index in [0.29, 0.717) is 5.69 Å². The zero-order valence-electron chi connectivity index (χ0n) is 10.3. The molecule has 17 heavy (non-hydrogen) atoms. The molecule has 1 heterocycles. The van der Waals surface area contributed by atoms with Gasteiger partial charge in [0, 0.05) is 20.1 Å². The van der Waals surface area contributed by atoms with Crippen LogP contribution in [0.5, 0.6) is 0 Å². The molecule has 0 atom stereocenters. The predicted octanol–water partition coefficient (Wildman–Crippen LogP) is 1.94. The van der Waals surface area contributed by atoms with Crippen LogP contribution >= 0.6 is 0 Å². The lowest BCUT2D eigenvalue weighted by Gasteiger charge is -2.24. The second-order valence-electron chi connectivity index (χ2n) is 4.67. The Bertz CT molecular complexity index is 375. The number of nitrogens with zero attached hydrogens (tertiary/aromatic N) is 2. The first-order valence-electron chi connectivity index (χ1n) is 6.15. The molecule has 0 aromatic heterocycles. The third kappa shape index (κ3) is 3.09. The fraction of sp³-hybridized carbons (Fsp3) is 0.538. The van der Waals surface area contributed by atoms with Gasteiger partial charge in [-0.25, -0.2) is 4.39 Å². The van der Waals surface area contributed by atoms with E-state index < -0.39 is 0 Å². The van der Waals surface area contributed by atoms with Crippen LogP contribution in [-0.2, 0) is 0 Å². The van der Waals surface area contributed by atoms with Crippen molar-refractivity contribution >= 4 is 11.4 Å². The summed E-state index contributed by atoms with van der Waals surface area (Å²) < 4.78 is 12.9. The van der Waals surface area contributed by atoms with Crippen LogP contribution in [-0.4, -0.2) is 38.1 Å². The monoisotopic (exact) mass is 237 g/mol. The van der Waals surface area contributed by atoms with Crippen LogP contribution in [0.15, 0.2) is 18.2 Å². The van der Waals surface area contributed by atoms with Crippen molar-refractivity contribution in [1.29, 1.82) is 0 Å². The zero-order valence-corrected chi connectivity index (χ0v) is 10.3. The predicted molar refractivity (Wildman–Crippen MR) is 69.8 cm³/mol. The van der Waals surface area contributed by atoms with Crippen LogP contribution in [0.4, 0.5) is 15.8 Å². The van der Waals surface area contributed by atoms with Crippen molar-refractivity contribution in [2.75, 3.05) is 43.9 Å². The number of hydrogen-bond acceptors (Lipinski definition) is 3. The molecule has 0 radical (unpaired) electrons. The van der Waals surface area contributed by atoms with E-state index in [4.69, 9.17) is 5.73 Å². The summed E-state index contributed by atoms with van der Waals surface area (Å²) in [5.74, 6) is -0.279. The average Bonchev–Trinajstić information content (AvgIpc) is 2.78. The van der Waals surface area contributed by atoms with Crippen molar-refractivity contribution in [3.8, 4) is 0 Å². The van der Waals surface area contributed by atoms with E-state index in [1.54, 1.807) is 6.07 Å². The second-order valence-corrected chi connectivity index (χ2v) is 4.67. The molecule has 1 aliphatic heterocycles. The van der Waals surface area contributed by atoms with Crippen LogP contribution in [0.1, 0.15) is 12.8 Å². The SMILES string of the molecule is CN(CCN1CCCC1)c1ccc(F)cc1N. The van der Waals surface area contributed by atoms with E-state index in [1.165, 1.54) is 38.1 Å². The van der Waals surface area contributed by atoms with Gasteiger partial charge in [0.25, 0.3) is 0 Å². The van der Waals surface area contributed by atoms with Gasteiger partial charge in [-0.1, -0.05) is 0 Å². The van der Waals surface area contributed by atoms with E-state index >= 15 is 0 Å². The average molecular weight is 237 g/mol. The number of hydrogen-bond donors (Lipinski definition) is 1. The molecule has 1 saturated heterocycles. The number of benzene rings is 1. The Morgan fingerprint density at radius 2 is 2.06 bits per heavy atom. The summed E-state index contributed by atoms with van der Waals surface area (Å²) in [6, 6.07) is 4.58. The topological polar surface area (TPSA) is 32.5 Å². The summed E-state index contributed by atoms with van der Waals surface area (Å²) in [5, 5.41) is 0. The smallest absolute Gasteiger partial charge is 0.125 e. The van der Waals surface area contributed by atoms with E-state index in [1.807, 2.05) is 7.05 Å². The number of rotatable bonds is 4. The number of likely N-dealkylation sites (tertiary alicyclic amines) is 1. The Kier molecular flexibility index (Phi) is 3.84. The van der Waals surface area contributed by atoms with E-state index in [2.05, 4.69) is 9.80 Å². The lowest BCUT2D eigenvalue weighted by molar-refractivity contribution is 0.346. The van der Waals surface area contributed by atoms with Gasteiger partial charge in [-0.3, -0.25) is 0 Å². The van der Waals surface area contributed by atoms with Crippen LogP contribution in [0.3, 0.4) is 0 Å². The van der Waals surface area contributed by atoms with Crippen LogP contribution < -0.4 is 10.6 Å². The maximum atomic E-state index is 12.9. The molecule has 2 N–H and O–H groups in total. The number of likely N-dealkylation sites (N-methyl/N-ethyl adjacent to an activating group) is 1. The molecule has 2 rings (SSSR count). The molecule has 94 valence electrons. The van der Waals surface area contributed by atoms with Crippen molar-refractivity contribution in [2.24, 2.45) is 0 Å². The first kappa shape index (κ1) is 12.2. The minimum Gasteiger partial charge on any atom is -0.397 e. The summed E-state index contributed by atoms with van der Waals surface area (Å²) in [6.45, 7) is 4.38. The van der Waals surface area contributed by atoms with Crippen LogP contribution in [0, 0.1) is 5.82 Å². The zero-order chi connectivity index (χ0) is 12.3. The van der Waals surface area contributed by atoms with Crippen LogP contribution in [0.25, 0.3) is 0 Å². The Hall–Kier alpha value is -1.29. The maximum absolute atomic E-state index is 12.9. The number of nitrogens with two attached hydrogens (primary N) is 1. The summed E-state index contributed by atoms with van der Waals surface area (Å²) in [6.07, 6.45) is 2.62. The lowest BCUT2D eigenvalue weighted by Crippen LogP contribution is -2.31. The highest BCUT2D eigenvalue weighted by molar-refractivity contribution is 5.67. The summed E-state index contributed by atoms with van der Waals surface area (Å²) in [5.41, 5.74) is 7.23. The molecule has 3 nitrogen and oxygen atoms in total. The molecular formula is C13H20FN3. The lowest BCUT2D eigenvalue weighted by atomic mass is 10.2. The van der Waals surface area contributed by atoms with Crippen molar-refractivity contribution in [3.05, 3.63) is 24.0 Å². The van der Waals surface area contributed by atoms with E-state index in [-0.39, 0.29) is 5.82 Å². The summed E-state index contributed by atoms with van der Waals surface area (Å²) >= 11 is 0. The van der Waals surface area contributed by atoms with E-state index in [9.17, 15) is 4.39 Å². The van der Waals surface area contributed by atoms with Gasteiger partial charge in [-0.15, -0.1) is 0 Å². The molecule has 1 aromatic carbocycles. The molecule has 0 spiro atoms. The minimum atomic E-state index is -0.279. The highest BCUT2D eigenvalue weighted by Gasteiger charge is 2.12. The largest absolute Gasteiger partial charge is 0.397 e. The number of nitrogen functional groups attached to an aromatic ring is 1. The molecular weight excluding hydrogens is 217 g/mol. The Morgan fingerprint density at radius 1 is 1.35 bits per heavy atom. The van der Waals surface area contributed by atoms with Gasteiger partial charge in [-0.2, -0.15) is 0 Å². The quantitative estimate of drug-likeness (QED) is 0.812. The van der Waals surface area contributed by atoms with Gasteiger partial charge in [0.1, 0.15) is 5.82 Å². The van der Waals surface area contributed by atoms with Crippen molar-refractivity contribution in [1.82, 2.24) is 4.90 Å². The summed E-state index contributed by atoms with van der Waals surface area (Å²) in [7, 11) is 2.00. The normalized spacial score (nSPS) is 16.4. The Morgan fingerprint density at radius 3 is 2.71 bits per heavy atom. The van der Waals surface area contributed by atoms with Gasteiger partial charge < -0.3 is 15.5 Å². The molecule has 0 saturated carbocycles. The molecule has 1 fully saturated rings. The number of halogens is 1. The third-order valence-corrected chi connectivity index (χ3v) is 3.35. The van der Waals surface area contributed by atoms with Crippen LogP contribution in [0.2, 0.25) is 0 Å². The van der Waals surface area contributed by atoms with Crippen molar-refractivity contribution in [2.45, 2.75) is 12.8 Å². The van der Waals surface area contributed by atoms with Gasteiger partial charge in [0.15, 0.2) is 0 Å². The highest BCUT2D eigenvalue weighted by atomic mass is 19.1. The van der Waals surface area contributed by atoms with Crippen molar-refractivity contribution in [3.63, 3.8) is 0 Å². The summed E-state index contributed by atoms with van der Waals surface area (Å²) in [4.78, 5) is 4.54. The molecule has 0 unspecified atom stereocenters. The van der Waals surface area contributed by atoms with Gasteiger partial charge in [0.2, 0.25) is 0 Å². The molecule has 1 aliphatic rings. The standard InChI is InChI=1S/C13H20FN3/c1-16(8-9-17-6-2-3-7-17)13-5-4-11(14)10-12(13)15/h4-5,10H,2-3,6-9,15H2,1H3. The first-order valence-corrected chi connectivity index (χ1v) is 6.15. The Labute approximate surface area is 102 Å². The fourth-order valence-electron chi connectivity index (χ4n) is 2.29. The molecule has 0 amide bonds. The second kappa shape index (κ2) is 5.36. The molecule has 0 aliphatic carbocycles. The minimum absolute atomic E-state index is 0.279. The van der Waals surface area contributed by atoms with Crippen molar-refractivity contribution < 1.29 is 4.39 Å².